The van der Waals surface area contributed by atoms with Crippen LogP contribution in [-0.4, -0.2) is 28.8 Å². The highest BCUT2D eigenvalue weighted by molar-refractivity contribution is 5.69. The summed E-state index contributed by atoms with van der Waals surface area (Å²) in [6, 6.07) is 1.74. The maximum atomic E-state index is 12.6. The lowest BCUT2D eigenvalue weighted by Crippen LogP contribution is -2.14. The van der Waals surface area contributed by atoms with Crippen molar-refractivity contribution in [2.75, 3.05) is 6.61 Å². The van der Waals surface area contributed by atoms with Crippen LogP contribution in [0, 0.1) is 27.2 Å². The van der Waals surface area contributed by atoms with Crippen molar-refractivity contribution < 1.29 is 28.5 Å². The second-order valence-electron chi connectivity index (χ2n) is 4.75. The third kappa shape index (κ3) is 5.49. The number of benzene rings is 1. The Bertz CT molecular complexity index is 619. The van der Waals surface area contributed by atoms with E-state index in [0.717, 1.165) is 6.07 Å². The predicted octanol–water partition coefficient (Wildman–Crippen LogP) is 3.47. The number of non-ortho nitro benzene ring substituents is 1. The summed E-state index contributed by atoms with van der Waals surface area (Å²) in [5, 5.41) is 21.7. The first-order valence-corrected chi connectivity index (χ1v) is 6.64. The van der Waals surface area contributed by atoms with E-state index in [9.17, 15) is 29.4 Å². The third-order valence-corrected chi connectivity index (χ3v) is 2.80. The van der Waals surface area contributed by atoms with E-state index < -0.39 is 39.3 Å². The van der Waals surface area contributed by atoms with Gasteiger partial charge in [-0.05, 0) is 26.7 Å². The molecule has 1 atom stereocenters. The molecule has 0 saturated heterocycles. The summed E-state index contributed by atoms with van der Waals surface area (Å²) in [5.74, 6) is -0.426. The van der Waals surface area contributed by atoms with E-state index in [1.54, 1.807) is 0 Å². The Balaban J connectivity index is 2.85. The molecule has 23 heavy (non-hydrogen) atoms. The third-order valence-electron chi connectivity index (χ3n) is 2.80. The molecule has 0 aliphatic heterocycles. The molecule has 0 bridgehead atoms. The molecule has 126 valence electrons. The Kier molecular flexibility index (Phi) is 6.36. The van der Waals surface area contributed by atoms with Crippen LogP contribution < -0.4 is 4.74 Å². The summed E-state index contributed by atoms with van der Waals surface area (Å²) in [6.07, 6.45) is -1.76. The van der Waals surface area contributed by atoms with Crippen molar-refractivity contribution in [2.45, 2.75) is 32.9 Å². The van der Waals surface area contributed by atoms with Crippen molar-refractivity contribution in [2.24, 2.45) is 0 Å². The minimum atomic E-state index is -1.20. The molecule has 1 unspecified atom stereocenters. The smallest absolute Gasteiger partial charge is 0.434 e. The molecule has 0 aliphatic rings. The molecular weight excluding hydrogens is 315 g/mol. The van der Waals surface area contributed by atoms with Crippen molar-refractivity contribution in [3.63, 3.8) is 0 Å². The molecule has 0 N–H and O–H groups in total. The highest BCUT2D eigenvalue weighted by Crippen LogP contribution is 2.35. The van der Waals surface area contributed by atoms with Crippen molar-refractivity contribution in [1.29, 1.82) is 0 Å². The highest BCUT2D eigenvalue weighted by atomic mass is 19.1. The van der Waals surface area contributed by atoms with Crippen molar-refractivity contribution in [1.82, 2.24) is 0 Å². The summed E-state index contributed by atoms with van der Waals surface area (Å²) >= 11 is 0. The number of nitrogens with zero attached hydrogens (tertiary/aromatic N) is 2. The van der Waals surface area contributed by atoms with Gasteiger partial charge in [0, 0.05) is 11.6 Å². The number of carbonyl (C=O) groups excluding carboxylic acids is 1. The molecule has 1 rings (SSSR count). The fourth-order valence-electron chi connectivity index (χ4n) is 1.74. The SMILES string of the molecule is Cc1cc([N+](=O)[O-])cc([N+](=O)[O-])c1OC(=O)OCCCC(C)F. The van der Waals surface area contributed by atoms with Gasteiger partial charge < -0.3 is 9.47 Å². The van der Waals surface area contributed by atoms with Gasteiger partial charge in [-0.1, -0.05) is 0 Å². The van der Waals surface area contributed by atoms with E-state index in [-0.39, 0.29) is 25.0 Å². The number of hydrogen-bond donors (Lipinski definition) is 0. The maximum Gasteiger partial charge on any atom is 0.514 e. The van der Waals surface area contributed by atoms with Crippen LogP contribution in [0.4, 0.5) is 20.6 Å². The maximum absolute atomic E-state index is 12.6. The topological polar surface area (TPSA) is 122 Å². The Labute approximate surface area is 130 Å². The second kappa shape index (κ2) is 8.01. The van der Waals surface area contributed by atoms with Gasteiger partial charge in [0.1, 0.15) is 0 Å². The Hall–Kier alpha value is -2.78. The monoisotopic (exact) mass is 330 g/mol. The summed E-state index contributed by atoms with van der Waals surface area (Å²) in [6.45, 7) is 2.59. The lowest BCUT2D eigenvalue weighted by molar-refractivity contribution is -0.394. The van der Waals surface area contributed by atoms with Crippen LogP contribution in [0.3, 0.4) is 0 Å². The van der Waals surface area contributed by atoms with E-state index in [1.165, 1.54) is 13.8 Å². The zero-order valence-electron chi connectivity index (χ0n) is 12.5. The first-order chi connectivity index (χ1) is 10.7. The number of aryl methyl sites for hydroxylation is 1. The fraction of sp³-hybridized carbons (Fsp3) is 0.462. The van der Waals surface area contributed by atoms with Crippen molar-refractivity contribution in [3.05, 3.63) is 37.9 Å². The number of nitro benzene ring substituents is 2. The van der Waals surface area contributed by atoms with Gasteiger partial charge in [-0.3, -0.25) is 20.2 Å². The molecule has 1 aromatic rings. The minimum absolute atomic E-state index is 0.0419. The van der Waals surface area contributed by atoms with E-state index in [4.69, 9.17) is 4.74 Å². The van der Waals surface area contributed by atoms with Gasteiger partial charge in [-0.2, -0.15) is 0 Å². The molecule has 10 heteroatoms. The Morgan fingerprint density at radius 3 is 2.48 bits per heavy atom. The van der Waals surface area contributed by atoms with Crippen LogP contribution in [0.1, 0.15) is 25.3 Å². The van der Waals surface area contributed by atoms with E-state index in [0.29, 0.717) is 6.07 Å². The van der Waals surface area contributed by atoms with Gasteiger partial charge in [0.2, 0.25) is 5.75 Å². The molecule has 0 aliphatic carbocycles. The summed E-state index contributed by atoms with van der Waals surface area (Å²) in [5.41, 5.74) is -1.17. The molecule has 0 amide bonds. The number of carbonyl (C=O) groups is 1. The number of nitro groups is 2. The van der Waals surface area contributed by atoms with Crippen LogP contribution in [0.15, 0.2) is 12.1 Å². The van der Waals surface area contributed by atoms with Gasteiger partial charge in [-0.25, -0.2) is 9.18 Å². The number of halogens is 1. The zero-order valence-corrected chi connectivity index (χ0v) is 12.5. The Morgan fingerprint density at radius 1 is 1.30 bits per heavy atom. The quantitative estimate of drug-likeness (QED) is 0.246. The fourth-order valence-corrected chi connectivity index (χ4v) is 1.74. The predicted molar refractivity (Wildman–Crippen MR) is 76.3 cm³/mol. The molecule has 0 radical (unpaired) electrons. The van der Waals surface area contributed by atoms with Crippen molar-refractivity contribution >= 4 is 17.5 Å². The molecule has 0 fully saturated rings. The van der Waals surface area contributed by atoms with Crippen LogP contribution >= 0.6 is 0 Å². The average molecular weight is 330 g/mol. The number of hydrogen-bond acceptors (Lipinski definition) is 7. The van der Waals surface area contributed by atoms with Crippen LogP contribution in [-0.2, 0) is 4.74 Å². The summed E-state index contributed by atoms with van der Waals surface area (Å²) in [7, 11) is 0. The number of alkyl halides is 1. The van der Waals surface area contributed by atoms with E-state index >= 15 is 0 Å². The van der Waals surface area contributed by atoms with E-state index in [2.05, 4.69) is 4.74 Å². The largest absolute Gasteiger partial charge is 0.514 e. The van der Waals surface area contributed by atoms with Gasteiger partial charge in [0.05, 0.1) is 28.7 Å². The summed E-state index contributed by atoms with van der Waals surface area (Å²) in [4.78, 5) is 31.5. The minimum Gasteiger partial charge on any atom is -0.434 e. The molecule has 0 heterocycles. The van der Waals surface area contributed by atoms with Gasteiger partial charge in [-0.15, -0.1) is 0 Å². The molecule has 9 nitrogen and oxygen atoms in total. The first kappa shape index (κ1) is 18.3. The standard InChI is InChI=1S/C13H15FN2O7/c1-8-6-10(15(18)19)7-11(16(20)21)12(8)23-13(17)22-5-3-4-9(2)14/h6-7,9H,3-5H2,1-2H3. The van der Waals surface area contributed by atoms with E-state index in [1.807, 2.05) is 0 Å². The lowest BCUT2D eigenvalue weighted by Gasteiger charge is -2.08. The number of rotatable bonds is 7. The molecule has 1 aromatic carbocycles. The lowest BCUT2D eigenvalue weighted by atomic mass is 10.1. The molecule has 0 spiro atoms. The van der Waals surface area contributed by atoms with Crippen LogP contribution in [0.2, 0.25) is 0 Å². The molecule has 0 aromatic heterocycles. The second-order valence-corrected chi connectivity index (χ2v) is 4.75. The van der Waals surface area contributed by atoms with Gasteiger partial charge in [0.25, 0.3) is 5.69 Å². The normalized spacial score (nSPS) is 11.6. The molecular formula is C13H15FN2O7. The number of ether oxygens (including phenoxy) is 2. The zero-order chi connectivity index (χ0) is 17.6. The van der Waals surface area contributed by atoms with Gasteiger partial charge >= 0.3 is 11.8 Å². The van der Waals surface area contributed by atoms with Gasteiger partial charge in [0.15, 0.2) is 0 Å². The average Bonchev–Trinajstić information content (AvgIpc) is 2.44. The van der Waals surface area contributed by atoms with Crippen LogP contribution in [0.25, 0.3) is 0 Å². The van der Waals surface area contributed by atoms with Crippen molar-refractivity contribution in [3.8, 4) is 5.75 Å². The first-order valence-electron chi connectivity index (χ1n) is 6.64. The highest BCUT2D eigenvalue weighted by Gasteiger charge is 2.26. The Morgan fingerprint density at radius 2 is 1.96 bits per heavy atom. The molecule has 0 saturated carbocycles. The summed E-state index contributed by atoms with van der Waals surface area (Å²) < 4.78 is 22.0. The van der Waals surface area contributed by atoms with Crippen LogP contribution in [0.5, 0.6) is 5.75 Å².